The molecule has 4 heteroatoms. The first-order chi connectivity index (χ1) is 7.29. The molecule has 1 aromatic heterocycles. The van der Waals surface area contributed by atoms with Gasteiger partial charge in [-0.2, -0.15) is 0 Å². The predicted octanol–water partition coefficient (Wildman–Crippen LogP) is 2.91. The van der Waals surface area contributed by atoms with Crippen LogP contribution in [0.3, 0.4) is 0 Å². The van der Waals surface area contributed by atoms with Gasteiger partial charge in [-0.15, -0.1) is 0 Å². The molecule has 0 saturated heterocycles. The summed E-state index contributed by atoms with van der Waals surface area (Å²) in [6, 6.07) is 9.63. The number of nitrogens with zero attached hydrogens (tertiary/aromatic N) is 2. The van der Waals surface area contributed by atoms with Crippen molar-refractivity contribution < 1.29 is 4.74 Å². The Bertz CT molecular complexity index is 474. The Hall–Kier alpha value is -1.42. The number of benzene rings is 1. The number of aromatic nitrogens is 2. The maximum atomic E-state index is 5.15. The van der Waals surface area contributed by atoms with Gasteiger partial charge in [0, 0.05) is 5.56 Å². The van der Waals surface area contributed by atoms with Crippen LogP contribution in [0.25, 0.3) is 11.3 Å². The lowest BCUT2D eigenvalue weighted by atomic mass is 10.1. The highest BCUT2D eigenvalue weighted by Gasteiger charge is 2.01. The molecule has 2 rings (SSSR count). The maximum Gasteiger partial charge on any atom is 0.119 e. The highest BCUT2D eigenvalue weighted by atomic mass is 79.9. The third kappa shape index (κ3) is 2.33. The zero-order chi connectivity index (χ0) is 10.7. The summed E-state index contributed by atoms with van der Waals surface area (Å²) >= 11 is 3.31. The van der Waals surface area contributed by atoms with E-state index in [-0.39, 0.29) is 0 Å². The average molecular weight is 265 g/mol. The molecule has 0 aliphatic carbocycles. The zero-order valence-corrected chi connectivity index (χ0v) is 9.73. The van der Waals surface area contributed by atoms with Crippen LogP contribution < -0.4 is 4.74 Å². The molecule has 0 bridgehead atoms. The lowest BCUT2D eigenvalue weighted by Crippen LogP contribution is -1.87. The van der Waals surface area contributed by atoms with E-state index in [9.17, 15) is 0 Å². The number of ether oxygens (including phenoxy) is 1. The van der Waals surface area contributed by atoms with Gasteiger partial charge in [-0.05, 0) is 34.1 Å². The molecule has 0 aliphatic rings. The average Bonchev–Trinajstić information content (AvgIpc) is 2.29. The molecule has 15 heavy (non-hydrogen) atoms. The summed E-state index contributed by atoms with van der Waals surface area (Å²) in [5.41, 5.74) is 1.88. The summed E-state index contributed by atoms with van der Waals surface area (Å²) in [6.45, 7) is 0. The molecule has 0 N–H and O–H groups in total. The second kappa shape index (κ2) is 4.40. The third-order valence-electron chi connectivity index (χ3n) is 2.00. The molecule has 0 fully saturated rings. The minimum Gasteiger partial charge on any atom is -0.497 e. The Kier molecular flexibility index (Phi) is 2.97. The molecule has 1 heterocycles. The summed E-state index contributed by atoms with van der Waals surface area (Å²) in [5, 5.41) is 0. The largest absolute Gasteiger partial charge is 0.497 e. The van der Waals surface area contributed by atoms with E-state index >= 15 is 0 Å². The fraction of sp³-hybridized carbons (Fsp3) is 0.0909. The SMILES string of the molecule is COc1cccc(-c2cc(Br)ncn2)c1. The first kappa shape index (κ1) is 10.1. The molecule has 76 valence electrons. The Labute approximate surface area is 96.3 Å². The number of hydrogen-bond acceptors (Lipinski definition) is 3. The molecular weight excluding hydrogens is 256 g/mol. The summed E-state index contributed by atoms with van der Waals surface area (Å²) in [5.74, 6) is 0.822. The van der Waals surface area contributed by atoms with Crippen molar-refractivity contribution in [2.45, 2.75) is 0 Å². The smallest absolute Gasteiger partial charge is 0.119 e. The molecule has 0 amide bonds. The van der Waals surface area contributed by atoms with Gasteiger partial charge in [0.2, 0.25) is 0 Å². The number of halogens is 1. The Morgan fingerprint density at radius 1 is 1.20 bits per heavy atom. The van der Waals surface area contributed by atoms with Crippen LogP contribution in [0.5, 0.6) is 5.75 Å². The van der Waals surface area contributed by atoms with Crippen molar-refractivity contribution in [3.63, 3.8) is 0 Å². The van der Waals surface area contributed by atoms with Gasteiger partial charge in [-0.3, -0.25) is 0 Å². The number of rotatable bonds is 2. The van der Waals surface area contributed by atoms with E-state index in [1.165, 1.54) is 6.33 Å². The van der Waals surface area contributed by atoms with Crippen LogP contribution in [0, 0.1) is 0 Å². The Morgan fingerprint density at radius 3 is 2.80 bits per heavy atom. The van der Waals surface area contributed by atoms with Gasteiger partial charge < -0.3 is 4.74 Å². The van der Waals surface area contributed by atoms with Crippen LogP contribution in [0.2, 0.25) is 0 Å². The second-order valence-electron chi connectivity index (χ2n) is 2.96. The number of methoxy groups -OCH3 is 1. The van der Waals surface area contributed by atoms with Crippen LogP contribution in [0.15, 0.2) is 41.3 Å². The van der Waals surface area contributed by atoms with Gasteiger partial charge in [-0.25, -0.2) is 9.97 Å². The van der Waals surface area contributed by atoms with Gasteiger partial charge in [-0.1, -0.05) is 12.1 Å². The minimum atomic E-state index is 0.773. The summed E-state index contributed by atoms with van der Waals surface area (Å²) in [4.78, 5) is 8.17. The van der Waals surface area contributed by atoms with E-state index in [4.69, 9.17) is 4.74 Å². The highest BCUT2D eigenvalue weighted by Crippen LogP contribution is 2.22. The molecule has 0 aliphatic heterocycles. The van der Waals surface area contributed by atoms with E-state index in [1.807, 2.05) is 30.3 Å². The normalized spacial score (nSPS) is 10.0. The topological polar surface area (TPSA) is 35.0 Å². The zero-order valence-electron chi connectivity index (χ0n) is 8.14. The number of hydrogen-bond donors (Lipinski definition) is 0. The molecular formula is C11H9BrN2O. The Morgan fingerprint density at radius 2 is 2.07 bits per heavy atom. The first-order valence-corrected chi connectivity index (χ1v) is 5.21. The lowest BCUT2D eigenvalue weighted by molar-refractivity contribution is 0.415. The quantitative estimate of drug-likeness (QED) is 0.783. The summed E-state index contributed by atoms with van der Waals surface area (Å²) in [6.07, 6.45) is 1.53. The fourth-order valence-electron chi connectivity index (χ4n) is 1.27. The van der Waals surface area contributed by atoms with Crippen molar-refractivity contribution in [3.8, 4) is 17.0 Å². The van der Waals surface area contributed by atoms with E-state index in [2.05, 4.69) is 25.9 Å². The first-order valence-electron chi connectivity index (χ1n) is 4.41. The summed E-state index contributed by atoms with van der Waals surface area (Å²) in [7, 11) is 1.65. The van der Waals surface area contributed by atoms with E-state index in [0.29, 0.717) is 0 Å². The highest BCUT2D eigenvalue weighted by molar-refractivity contribution is 9.10. The molecule has 0 radical (unpaired) electrons. The van der Waals surface area contributed by atoms with Crippen LogP contribution >= 0.6 is 15.9 Å². The molecule has 2 aromatic rings. The van der Waals surface area contributed by atoms with Gasteiger partial charge in [0.1, 0.15) is 16.7 Å². The van der Waals surface area contributed by atoms with Gasteiger partial charge in [0.15, 0.2) is 0 Å². The van der Waals surface area contributed by atoms with Crippen LogP contribution in [-0.4, -0.2) is 17.1 Å². The second-order valence-corrected chi connectivity index (χ2v) is 3.77. The molecule has 3 nitrogen and oxygen atoms in total. The molecule has 0 unspecified atom stereocenters. The van der Waals surface area contributed by atoms with Gasteiger partial charge in [0.25, 0.3) is 0 Å². The minimum absolute atomic E-state index is 0.773. The van der Waals surface area contributed by atoms with Crippen molar-refractivity contribution in [2.75, 3.05) is 7.11 Å². The molecule has 1 aromatic carbocycles. The van der Waals surface area contributed by atoms with Crippen molar-refractivity contribution in [1.82, 2.24) is 9.97 Å². The van der Waals surface area contributed by atoms with Crippen LogP contribution in [0.4, 0.5) is 0 Å². The van der Waals surface area contributed by atoms with Crippen molar-refractivity contribution in [1.29, 1.82) is 0 Å². The van der Waals surface area contributed by atoms with Gasteiger partial charge in [0.05, 0.1) is 12.8 Å². The lowest BCUT2D eigenvalue weighted by Gasteiger charge is -2.03. The van der Waals surface area contributed by atoms with Crippen molar-refractivity contribution in [2.24, 2.45) is 0 Å². The van der Waals surface area contributed by atoms with E-state index < -0.39 is 0 Å². The van der Waals surface area contributed by atoms with Crippen LogP contribution in [-0.2, 0) is 0 Å². The third-order valence-corrected chi connectivity index (χ3v) is 2.43. The maximum absolute atomic E-state index is 5.15. The Balaban J connectivity index is 2.44. The monoisotopic (exact) mass is 264 g/mol. The van der Waals surface area contributed by atoms with E-state index in [1.54, 1.807) is 7.11 Å². The summed E-state index contributed by atoms with van der Waals surface area (Å²) < 4.78 is 5.92. The molecule has 0 spiro atoms. The standard InChI is InChI=1S/C11H9BrN2O/c1-15-9-4-2-3-8(5-9)10-6-11(12)14-7-13-10/h2-7H,1H3. The molecule has 0 saturated carbocycles. The van der Waals surface area contributed by atoms with E-state index in [0.717, 1.165) is 21.6 Å². The van der Waals surface area contributed by atoms with Crippen LogP contribution in [0.1, 0.15) is 0 Å². The van der Waals surface area contributed by atoms with Crippen molar-refractivity contribution in [3.05, 3.63) is 41.3 Å². The fourth-order valence-corrected chi connectivity index (χ4v) is 1.58. The predicted molar refractivity (Wildman–Crippen MR) is 61.7 cm³/mol. The van der Waals surface area contributed by atoms with Crippen molar-refractivity contribution >= 4 is 15.9 Å². The molecule has 0 atom stereocenters. The van der Waals surface area contributed by atoms with Gasteiger partial charge >= 0.3 is 0 Å².